The number of nitrogens with one attached hydrogen (secondary N) is 1. The van der Waals surface area contributed by atoms with E-state index in [1.165, 1.54) is 11.1 Å². The molecule has 23 heavy (non-hydrogen) atoms. The van der Waals surface area contributed by atoms with Crippen molar-refractivity contribution in [2.45, 2.75) is 18.6 Å². The third-order valence-corrected chi connectivity index (χ3v) is 4.37. The highest BCUT2D eigenvalue weighted by molar-refractivity contribution is 5.87. The van der Waals surface area contributed by atoms with E-state index in [4.69, 9.17) is 4.74 Å². The zero-order chi connectivity index (χ0) is 16.1. The minimum atomic E-state index is -0.583. The lowest BCUT2D eigenvalue weighted by Crippen LogP contribution is -2.69. The average Bonchev–Trinajstić information content (AvgIpc) is 2.55. The maximum atomic E-state index is 12.5. The van der Waals surface area contributed by atoms with Gasteiger partial charge >= 0.3 is 0 Å². The van der Waals surface area contributed by atoms with E-state index in [2.05, 4.69) is 34.5 Å². The SMILES string of the molecule is CNC(=O)C1(N(Cc2ccccc2)Cc2ccccc2)COC1. The van der Waals surface area contributed by atoms with Gasteiger partial charge in [0.1, 0.15) is 5.54 Å². The van der Waals surface area contributed by atoms with Gasteiger partial charge in [-0.15, -0.1) is 0 Å². The van der Waals surface area contributed by atoms with Gasteiger partial charge in [-0.3, -0.25) is 9.69 Å². The van der Waals surface area contributed by atoms with E-state index < -0.39 is 5.54 Å². The number of nitrogens with zero attached hydrogens (tertiary/aromatic N) is 1. The number of hydrogen-bond donors (Lipinski definition) is 1. The number of rotatable bonds is 6. The quantitative estimate of drug-likeness (QED) is 0.889. The van der Waals surface area contributed by atoms with Crippen LogP contribution in [-0.2, 0) is 22.6 Å². The molecular formula is C19H22N2O2. The molecule has 0 aromatic heterocycles. The summed E-state index contributed by atoms with van der Waals surface area (Å²) in [5.74, 6) is 0.0237. The molecule has 1 saturated heterocycles. The number of amides is 1. The predicted octanol–water partition coefficient (Wildman–Crippen LogP) is 2.20. The molecule has 0 aliphatic carbocycles. The van der Waals surface area contributed by atoms with Crippen LogP contribution in [0, 0.1) is 0 Å². The van der Waals surface area contributed by atoms with Crippen LogP contribution >= 0.6 is 0 Å². The summed E-state index contributed by atoms with van der Waals surface area (Å²) in [4.78, 5) is 14.7. The summed E-state index contributed by atoms with van der Waals surface area (Å²) >= 11 is 0. The molecule has 0 saturated carbocycles. The molecule has 1 aliphatic heterocycles. The highest BCUT2D eigenvalue weighted by atomic mass is 16.5. The molecular weight excluding hydrogens is 288 g/mol. The van der Waals surface area contributed by atoms with Crippen molar-refractivity contribution in [3.8, 4) is 0 Å². The van der Waals surface area contributed by atoms with Crippen LogP contribution in [0.15, 0.2) is 60.7 Å². The molecule has 2 aromatic rings. The second-order valence-corrected chi connectivity index (χ2v) is 5.93. The van der Waals surface area contributed by atoms with Gasteiger partial charge in [-0.1, -0.05) is 60.7 Å². The predicted molar refractivity (Wildman–Crippen MR) is 89.7 cm³/mol. The lowest BCUT2D eigenvalue weighted by molar-refractivity contribution is -0.173. The van der Waals surface area contributed by atoms with Crippen molar-refractivity contribution in [3.05, 3.63) is 71.8 Å². The van der Waals surface area contributed by atoms with Crippen LogP contribution in [0.4, 0.5) is 0 Å². The smallest absolute Gasteiger partial charge is 0.245 e. The molecule has 4 nitrogen and oxygen atoms in total. The summed E-state index contributed by atoms with van der Waals surface area (Å²) in [6, 6.07) is 20.5. The fraction of sp³-hybridized carbons (Fsp3) is 0.316. The minimum Gasteiger partial charge on any atom is -0.376 e. The van der Waals surface area contributed by atoms with E-state index in [9.17, 15) is 4.79 Å². The van der Waals surface area contributed by atoms with Gasteiger partial charge in [-0.2, -0.15) is 0 Å². The lowest BCUT2D eigenvalue weighted by Gasteiger charge is -2.48. The number of hydrogen-bond acceptors (Lipinski definition) is 3. The molecule has 1 heterocycles. The summed E-state index contributed by atoms with van der Waals surface area (Å²) in [5, 5.41) is 2.80. The Bertz CT molecular complexity index is 597. The number of carbonyl (C=O) groups is 1. The van der Waals surface area contributed by atoms with Gasteiger partial charge in [-0.25, -0.2) is 0 Å². The van der Waals surface area contributed by atoms with Gasteiger partial charge in [0.25, 0.3) is 0 Å². The number of likely N-dealkylation sites (N-methyl/N-ethyl adjacent to an activating group) is 1. The van der Waals surface area contributed by atoms with Crippen LogP contribution < -0.4 is 5.32 Å². The molecule has 0 radical (unpaired) electrons. The normalized spacial score (nSPS) is 15.9. The standard InChI is InChI=1S/C19H22N2O2/c1-20-18(22)19(14-23-15-19)21(12-16-8-4-2-5-9-16)13-17-10-6-3-7-11-17/h2-11H,12-15H2,1H3,(H,20,22). The Balaban J connectivity index is 1.88. The Morgan fingerprint density at radius 2 is 1.48 bits per heavy atom. The molecule has 1 aliphatic rings. The highest BCUT2D eigenvalue weighted by Gasteiger charge is 2.50. The van der Waals surface area contributed by atoms with E-state index in [0.717, 1.165) is 0 Å². The fourth-order valence-electron chi connectivity index (χ4n) is 2.95. The van der Waals surface area contributed by atoms with Gasteiger partial charge in [-0.05, 0) is 11.1 Å². The monoisotopic (exact) mass is 310 g/mol. The summed E-state index contributed by atoms with van der Waals surface area (Å²) in [6.07, 6.45) is 0. The van der Waals surface area contributed by atoms with E-state index >= 15 is 0 Å². The van der Waals surface area contributed by atoms with Crippen LogP contribution in [0.25, 0.3) is 0 Å². The second kappa shape index (κ2) is 6.94. The fourth-order valence-corrected chi connectivity index (χ4v) is 2.95. The van der Waals surface area contributed by atoms with Gasteiger partial charge in [0.15, 0.2) is 0 Å². The first-order valence-electron chi connectivity index (χ1n) is 7.87. The first-order valence-corrected chi connectivity index (χ1v) is 7.87. The minimum absolute atomic E-state index is 0.0237. The molecule has 0 bridgehead atoms. The molecule has 2 aromatic carbocycles. The van der Waals surface area contributed by atoms with Crippen LogP contribution in [0.3, 0.4) is 0 Å². The molecule has 120 valence electrons. The number of ether oxygens (including phenoxy) is 1. The second-order valence-electron chi connectivity index (χ2n) is 5.93. The largest absolute Gasteiger partial charge is 0.376 e. The molecule has 1 N–H and O–H groups in total. The van der Waals surface area contributed by atoms with Gasteiger partial charge in [0.05, 0.1) is 13.2 Å². The van der Waals surface area contributed by atoms with Gasteiger partial charge in [0, 0.05) is 20.1 Å². The molecule has 1 fully saturated rings. The molecule has 0 atom stereocenters. The third kappa shape index (κ3) is 3.28. The molecule has 3 rings (SSSR count). The molecule has 0 unspecified atom stereocenters. The summed E-state index contributed by atoms with van der Waals surface area (Å²) in [6.45, 7) is 2.30. The van der Waals surface area contributed by atoms with E-state index in [-0.39, 0.29) is 5.91 Å². The van der Waals surface area contributed by atoms with Crippen molar-refractivity contribution in [1.82, 2.24) is 10.2 Å². The summed E-state index contributed by atoms with van der Waals surface area (Å²) < 4.78 is 5.42. The van der Waals surface area contributed by atoms with Crippen molar-refractivity contribution < 1.29 is 9.53 Å². The van der Waals surface area contributed by atoms with Crippen LogP contribution in [-0.4, -0.2) is 36.6 Å². The summed E-state index contributed by atoms with van der Waals surface area (Å²) in [5.41, 5.74) is 1.80. The van der Waals surface area contributed by atoms with Crippen molar-refractivity contribution >= 4 is 5.91 Å². The van der Waals surface area contributed by atoms with Crippen molar-refractivity contribution in [2.75, 3.05) is 20.3 Å². The Labute approximate surface area is 137 Å². The first kappa shape index (κ1) is 15.7. The molecule has 0 spiro atoms. The Hall–Kier alpha value is -2.17. The maximum absolute atomic E-state index is 12.5. The third-order valence-electron chi connectivity index (χ3n) is 4.37. The Kier molecular flexibility index (Phi) is 4.74. The van der Waals surface area contributed by atoms with Gasteiger partial charge < -0.3 is 10.1 Å². The number of carbonyl (C=O) groups excluding carboxylic acids is 1. The van der Waals surface area contributed by atoms with Gasteiger partial charge in [0.2, 0.25) is 5.91 Å². The first-order chi connectivity index (χ1) is 11.2. The van der Waals surface area contributed by atoms with E-state index in [1.807, 2.05) is 36.4 Å². The molecule has 1 amide bonds. The molecule has 4 heteroatoms. The topological polar surface area (TPSA) is 41.6 Å². The summed E-state index contributed by atoms with van der Waals surface area (Å²) in [7, 11) is 1.69. The zero-order valence-corrected chi connectivity index (χ0v) is 13.4. The Morgan fingerprint density at radius 3 is 1.83 bits per heavy atom. The lowest BCUT2D eigenvalue weighted by atomic mass is 9.92. The van der Waals surface area contributed by atoms with Crippen molar-refractivity contribution in [2.24, 2.45) is 0 Å². The Morgan fingerprint density at radius 1 is 1.00 bits per heavy atom. The van der Waals surface area contributed by atoms with E-state index in [0.29, 0.717) is 26.3 Å². The van der Waals surface area contributed by atoms with Crippen molar-refractivity contribution in [3.63, 3.8) is 0 Å². The average molecular weight is 310 g/mol. The number of benzene rings is 2. The highest BCUT2D eigenvalue weighted by Crippen LogP contribution is 2.29. The maximum Gasteiger partial charge on any atom is 0.245 e. The van der Waals surface area contributed by atoms with Crippen LogP contribution in [0.2, 0.25) is 0 Å². The van der Waals surface area contributed by atoms with Crippen LogP contribution in [0.1, 0.15) is 11.1 Å². The van der Waals surface area contributed by atoms with E-state index in [1.54, 1.807) is 7.05 Å². The zero-order valence-electron chi connectivity index (χ0n) is 13.4. The van der Waals surface area contributed by atoms with Crippen molar-refractivity contribution in [1.29, 1.82) is 0 Å². The van der Waals surface area contributed by atoms with Crippen LogP contribution in [0.5, 0.6) is 0 Å².